The van der Waals surface area contributed by atoms with Crippen molar-refractivity contribution < 1.29 is 14.1 Å². The molecule has 0 radical (unpaired) electrons. The van der Waals surface area contributed by atoms with Crippen LogP contribution >= 0.6 is 11.3 Å². The third-order valence-electron chi connectivity index (χ3n) is 3.13. The number of nitrogens with one attached hydrogen (secondary N) is 1. The molecule has 8 heteroatoms. The normalized spacial score (nSPS) is 11.0. The van der Waals surface area contributed by atoms with E-state index < -0.39 is 10.8 Å². The molecule has 3 rings (SSSR count). The van der Waals surface area contributed by atoms with E-state index in [4.69, 9.17) is 0 Å². The van der Waals surface area contributed by atoms with Crippen LogP contribution in [0.2, 0.25) is 0 Å². The van der Waals surface area contributed by atoms with Crippen molar-refractivity contribution in [1.82, 2.24) is 4.98 Å². The molecular weight excluding hydrogens is 333 g/mol. The summed E-state index contributed by atoms with van der Waals surface area (Å²) < 4.78 is 13.8. The number of benzene rings is 2. The number of carbonyl (C=O) groups excluding carboxylic acids is 1. The maximum absolute atomic E-state index is 13.1. The highest BCUT2D eigenvalue weighted by molar-refractivity contribution is 7.22. The van der Waals surface area contributed by atoms with Crippen molar-refractivity contribution in [2.45, 2.75) is 0 Å². The minimum Gasteiger partial charge on any atom is -0.298 e. The molecule has 0 unspecified atom stereocenters. The number of nitrogens with zero attached hydrogens (tertiary/aromatic N) is 2. The van der Waals surface area contributed by atoms with Crippen LogP contribution in [-0.2, 0) is 4.79 Å². The number of nitro benzene ring substituents is 1. The van der Waals surface area contributed by atoms with Gasteiger partial charge in [-0.15, -0.1) is 0 Å². The van der Waals surface area contributed by atoms with Gasteiger partial charge in [-0.25, -0.2) is 9.37 Å². The molecule has 0 saturated heterocycles. The lowest BCUT2D eigenvalue weighted by Gasteiger charge is -1.97. The van der Waals surface area contributed by atoms with Crippen molar-refractivity contribution in [1.29, 1.82) is 0 Å². The molecule has 0 atom stereocenters. The fourth-order valence-electron chi connectivity index (χ4n) is 2.06. The number of aromatic nitrogens is 1. The van der Waals surface area contributed by atoms with Gasteiger partial charge in [-0.3, -0.25) is 20.2 Å². The zero-order chi connectivity index (χ0) is 17.1. The fraction of sp³-hybridized carbons (Fsp3) is 0. The van der Waals surface area contributed by atoms with E-state index in [2.05, 4.69) is 10.3 Å². The van der Waals surface area contributed by atoms with Crippen LogP contribution in [-0.4, -0.2) is 15.8 Å². The van der Waals surface area contributed by atoms with Gasteiger partial charge in [0.25, 0.3) is 5.69 Å². The molecule has 0 saturated carbocycles. The first-order valence-corrected chi connectivity index (χ1v) is 7.63. The molecule has 0 spiro atoms. The Kier molecular flexibility index (Phi) is 4.30. The van der Waals surface area contributed by atoms with Gasteiger partial charge in [-0.2, -0.15) is 0 Å². The number of hydrogen-bond donors (Lipinski definition) is 1. The Balaban J connectivity index is 1.76. The number of nitro groups is 1. The van der Waals surface area contributed by atoms with Crippen molar-refractivity contribution in [2.24, 2.45) is 0 Å². The molecule has 1 amide bonds. The molecular formula is C16H10FN3O3S. The van der Waals surface area contributed by atoms with E-state index >= 15 is 0 Å². The summed E-state index contributed by atoms with van der Waals surface area (Å²) in [6, 6.07) is 10.3. The molecule has 3 aromatic rings. The second kappa shape index (κ2) is 6.55. The van der Waals surface area contributed by atoms with Gasteiger partial charge in [0.05, 0.1) is 20.7 Å². The number of halogens is 1. The molecule has 0 aliphatic carbocycles. The number of hydrogen-bond acceptors (Lipinski definition) is 5. The molecule has 120 valence electrons. The Labute approximate surface area is 139 Å². The fourth-order valence-corrected chi connectivity index (χ4v) is 2.95. The standard InChI is InChI=1S/C16H10FN3O3S/c17-11-6-7-12-14(9-11)24-16(18-12)19-15(21)8-5-10-3-1-2-4-13(10)20(22)23/h1-9H,(H,18,19,21)/b8-5+. The molecule has 1 N–H and O–H groups in total. The predicted octanol–water partition coefficient (Wildman–Crippen LogP) is 4.00. The highest BCUT2D eigenvalue weighted by atomic mass is 32.1. The summed E-state index contributed by atoms with van der Waals surface area (Å²) in [5.41, 5.74) is 0.820. The number of anilines is 1. The molecule has 1 aromatic heterocycles. The Morgan fingerprint density at radius 3 is 2.88 bits per heavy atom. The van der Waals surface area contributed by atoms with Crippen molar-refractivity contribution in [3.05, 3.63) is 70.0 Å². The Morgan fingerprint density at radius 1 is 1.29 bits per heavy atom. The molecule has 24 heavy (non-hydrogen) atoms. The topological polar surface area (TPSA) is 85.1 Å². The lowest BCUT2D eigenvalue weighted by Crippen LogP contribution is -2.07. The van der Waals surface area contributed by atoms with Crippen molar-refractivity contribution >= 4 is 44.4 Å². The maximum atomic E-state index is 13.1. The summed E-state index contributed by atoms with van der Waals surface area (Å²) in [6.45, 7) is 0. The van der Waals surface area contributed by atoms with E-state index in [0.29, 0.717) is 20.9 Å². The Hall–Kier alpha value is -3.13. The zero-order valence-corrected chi connectivity index (χ0v) is 12.9. The summed E-state index contributed by atoms with van der Waals surface area (Å²) >= 11 is 1.14. The van der Waals surface area contributed by atoms with Gasteiger partial charge >= 0.3 is 0 Å². The van der Waals surface area contributed by atoms with E-state index in [-0.39, 0.29) is 11.5 Å². The highest BCUT2D eigenvalue weighted by Crippen LogP contribution is 2.26. The Morgan fingerprint density at radius 2 is 2.08 bits per heavy atom. The minimum absolute atomic E-state index is 0.0861. The van der Waals surface area contributed by atoms with Gasteiger partial charge in [-0.1, -0.05) is 23.5 Å². The summed E-state index contributed by atoms with van der Waals surface area (Å²) in [5, 5.41) is 13.8. The van der Waals surface area contributed by atoms with Crippen molar-refractivity contribution in [3.8, 4) is 0 Å². The lowest BCUT2D eigenvalue weighted by atomic mass is 10.1. The van der Waals surface area contributed by atoms with Crippen LogP contribution in [0.1, 0.15) is 5.56 Å². The summed E-state index contributed by atoms with van der Waals surface area (Å²) in [7, 11) is 0. The third kappa shape index (κ3) is 3.44. The van der Waals surface area contributed by atoms with Crippen LogP contribution in [0.3, 0.4) is 0 Å². The zero-order valence-electron chi connectivity index (χ0n) is 12.1. The second-order valence-corrected chi connectivity index (χ2v) is 5.80. The largest absolute Gasteiger partial charge is 0.298 e. The van der Waals surface area contributed by atoms with Crippen LogP contribution in [0.4, 0.5) is 15.2 Å². The van der Waals surface area contributed by atoms with Crippen LogP contribution in [0.15, 0.2) is 48.5 Å². The first-order chi connectivity index (χ1) is 11.5. The van der Waals surface area contributed by atoms with Gasteiger partial charge in [0, 0.05) is 12.1 Å². The van der Waals surface area contributed by atoms with E-state index in [0.717, 1.165) is 11.3 Å². The van der Waals surface area contributed by atoms with E-state index in [1.807, 2.05) is 0 Å². The molecule has 2 aromatic carbocycles. The van der Waals surface area contributed by atoms with Gasteiger partial charge < -0.3 is 0 Å². The summed E-state index contributed by atoms with van der Waals surface area (Å²) in [6.07, 6.45) is 2.55. The molecule has 0 aliphatic heterocycles. The Bertz CT molecular complexity index is 968. The van der Waals surface area contributed by atoms with E-state index in [1.165, 1.54) is 36.4 Å². The van der Waals surface area contributed by atoms with Gasteiger partial charge in [0.1, 0.15) is 5.82 Å². The number of rotatable bonds is 4. The number of carbonyl (C=O) groups is 1. The van der Waals surface area contributed by atoms with Gasteiger partial charge in [0.15, 0.2) is 5.13 Å². The quantitative estimate of drug-likeness (QED) is 0.441. The monoisotopic (exact) mass is 343 g/mol. The van der Waals surface area contributed by atoms with Gasteiger partial charge in [-0.05, 0) is 30.3 Å². The van der Waals surface area contributed by atoms with E-state index in [9.17, 15) is 19.3 Å². The lowest BCUT2D eigenvalue weighted by molar-refractivity contribution is -0.385. The molecule has 0 bridgehead atoms. The molecule has 1 heterocycles. The highest BCUT2D eigenvalue weighted by Gasteiger charge is 2.10. The van der Waals surface area contributed by atoms with Crippen LogP contribution in [0.5, 0.6) is 0 Å². The smallest absolute Gasteiger partial charge is 0.276 e. The first kappa shape index (κ1) is 15.8. The van der Waals surface area contributed by atoms with Crippen molar-refractivity contribution in [2.75, 3.05) is 5.32 Å². The number of para-hydroxylation sites is 1. The van der Waals surface area contributed by atoms with Crippen molar-refractivity contribution in [3.63, 3.8) is 0 Å². The number of amides is 1. The molecule has 0 aliphatic rings. The summed E-state index contributed by atoms with van der Waals surface area (Å²) in [5.74, 6) is -0.854. The average Bonchev–Trinajstić information content (AvgIpc) is 2.94. The number of fused-ring (bicyclic) bond motifs is 1. The third-order valence-corrected chi connectivity index (χ3v) is 4.06. The minimum atomic E-state index is -0.514. The van der Waals surface area contributed by atoms with Gasteiger partial charge in [0.2, 0.25) is 5.91 Å². The van der Waals surface area contributed by atoms with E-state index in [1.54, 1.807) is 18.2 Å². The SMILES string of the molecule is O=C(/C=C/c1ccccc1[N+](=O)[O-])Nc1nc2ccc(F)cc2s1. The first-order valence-electron chi connectivity index (χ1n) is 6.81. The molecule has 0 fully saturated rings. The number of thiazole rings is 1. The second-order valence-electron chi connectivity index (χ2n) is 4.77. The average molecular weight is 343 g/mol. The molecule has 6 nitrogen and oxygen atoms in total. The van der Waals surface area contributed by atoms with Crippen LogP contribution < -0.4 is 5.32 Å². The van der Waals surface area contributed by atoms with Crippen LogP contribution in [0.25, 0.3) is 16.3 Å². The predicted molar refractivity (Wildman–Crippen MR) is 90.3 cm³/mol. The maximum Gasteiger partial charge on any atom is 0.276 e. The summed E-state index contributed by atoms with van der Waals surface area (Å²) in [4.78, 5) is 26.5. The van der Waals surface area contributed by atoms with Crippen LogP contribution in [0, 0.1) is 15.9 Å².